The van der Waals surface area contributed by atoms with E-state index in [0.717, 1.165) is 12.8 Å². The molecule has 2 rings (SSSR count). The van der Waals surface area contributed by atoms with Crippen LogP contribution in [0.15, 0.2) is 18.2 Å². The van der Waals surface area contributed by atoms with E-state index in [1.54, 1.807) is 18.7 Å². The first-order valence-electron chi connectivity index (χ1n) is 8.27. The van der Waals surface area contributed by atoms with Crippen molar-refractivity contribution >= 4 is 15.7 Å². The SMILES string of the molecule is Cc1ccc(C)c(C2CCN(C(=O)CS(=O)(=O)C(C)C)CC2)c1. The standard InChI is InChI=1S/C18H27NO3S/c1-13(2)23(21,22)12-18(20)19-9-7-16(8-10-19)17-11-14(3)5-6-15(17)4/h5-6,11,13,16H,7-10,12H2,1-4H3. The van der Waals surface area contributed by atoms with Crippen molar-refractivity contribution in [1.29, 1.82) is 0 Å². The van der Waals surface area contributed by atoms with E-state index < -0.39 is 15.1 Å². The second-order valence-corrected chi connectivity index (χ2v) is 9.43. The number of carbonyl (C=O) groups excluding carboxylic acids is 1. The lowest BCUT2D eigenvalue weighted by Gasteiger charge is -2.33. The highest BCUT2D eigenvalue weighted by Crippen LogP contribution is 2.31. The van der Waals surface area contributed by atoms with Crippen LogP contribution in [-0.2, 0) is 14.6 Å². The quantitative estimate of drug-likeness (QED) is 0.849. The predicted molar refractivity (Wildman–Crippen MR) is 93.4 cm³/mol. The van der Waals surface area contributed by atoms with E-state index in [4.69, 9.17) is 0 Å². The number of piperidine rings is 1. The number of sulfone groups is 1. The summed E-state index contributed by atoms with van der Waals surface area (Å²) >= 11 is 0. The Bertz CT molecular complexity index is 672. The molecule has 0 N–H and O–H groups in total. The molecular formula is C18H27NO3S. The number of amides is 1. The molecule has 5 heteroatoms. The van der Waals surface area contributed by atoms with Crippen LogP contribution in [0.25, 0.3) is 0 Å². The van der Waals surface area contributed by atoms with E-state index in [1.165, 1.54) is 16.7 Å². The third-order valence-corrected chi connectivity index (χ3v) is 6.85. The van der Waals surface area contributed by atoms with Gasteiger partial charge in [0.1, 0.15) is 5.75 Å². The van der Waals surface area contributed by atoms with Crippen molar-refractivity contribution in [2.45, 2.75) is 51.7 Å². The van der Waals surface area contributed by atoms with Crippen LogP contribution < -0.4 is 0 Å². The molecule has 0 bridgehead atoms. The lowest BCUT2D eigenvalue weighted by molar-refractivity contribution is -0.129. The maximum atomic E-state index is 12.2. The summed E-state index contributed by atoms with van der Waals surface area (Å²) in [6, 6.07) is 6.51. The van der Waals surface area contributed by atoms with Crippen molar-refractivity contribution in [3.8, 4) is 0 Å². The molecule has 1 heterocycles. The summed E-state index contributed by atoms with van der Waals surface area (Å²) in [7, 11) is -3.32. The molecule has 1 aliphatic rings. The van der Waals surface area contributed by atoms with Gasteiger partial charge in [0.2, 0.25) is 5.91 Å². The fraction of sp³-hybridized carbons (Fsp3) is 0.611. The Balaban J connectivity index is 1.98. The molecule has 1 aromatic carbocycles. The van der Waals surface area contributed by atoms with Crippen LogP contribution in [0.5, 0.6) is 0 Å². The number of hydrogen-bond donors (Lipinski definition) is 0. The largest absolute Gasteiger partial charge is 0.342 e. The fourth-order valence-electron chi connectivity index (χ4n) is 3.07. The normalized spacial score (nSPS) is 16.8. The maximum absolute atomic E-state index is 12.2. The first-order chi connectivity index (χ1) is 10.7. The summed E-state index contributed by atoms with van der Waals surface area (Å²) in [6.07, 6.45) is 1.80. The number of carbonyl (C=O) groups is 1. The Morgan fingerprint density at radius 3 is 2.39 bits per heavy atom. The van der Waals surface area contributed by atoms with Crippen LogP contribution in [0, 0.1) is 13.8 Å². The van der Waals surface area contributed by atoms with Crippen LogP contribution in [0.2, 0.25) is 0 Å². The van der Waals surface area contributed by atoms with Gasteiger partial charge in [-0.3, -0.25) is 4.79 Å². The smallest absolute Gasteiger partial charge is 0.237 e. The predicted octanol–water partition coefficient (Wildman–Crippen LogP) is 2.83. The van der Waals surface area contributed by atoms with Crippen LogP contribution in [0.3, 0.4) is 0 Å². The van der Waals surface area contributed by atoms with E-state index in [-0.39, 0.29) is 11.7 Å². The van der Waals surface area contributed by atoms with Gasteiger partial charge in [-0.25, -0.2) is 8.42 Å². The van der Waals surface area contributed by atoms with E-state index in [2.05, 4.69) is 32.0 Å². The molecule has 0 spiro atoms. The molecule has 1 aliphatic heterocycles. The van der Waals surface area contributed by atoms with Gasteiger partial charge in [0.25, 0.3) is 0 Å². The first kappa shape index (κ1) is 18.0. The summed E-state index contributed by atoms with van der Waals surface area (Å²) in [5, 5.41) is -0.501. The summed E-state index contributed by atoms with van der Waals surface area (Å²) < 4.78 is 23.8. The van der Waals surface area contributed by atoms with Crippen molar-refractivity contribution in [2.24, 2.45) is 0 Å². The zero-order chi connectivity index (χ0) is 17.2. The van der Waals surface area contributed by atoms with Crippen LogP contribution in [0.4, 0.5) is 0 Å². The van der Waals surface area contributed by atoms with Crippen molar-refractivity contribution in [3.05, 3.63) is 34.9 Å². The van der Waals surface area contributed by atoms with Gasteiger partial charge in [0, 0.05) is 13.1 Å². The van der Waals surface area contributed by atoms with Crippen molar-refractivity contribution in [2.75, 3.05) is 18.8 Å². The van der Waals surface area contributed by atoms with Gasteiger partial charge in [-0.2, -0.15) is 0 Å². The van der Waals surface area contributed by atoms with Crippen molar-refractivity contribution in [3.63, 3.8) is 0 Å². The molecule has 0 atom stereocenters. The molecule has 128 valence electrons. The number of likely N-dealkylation sites (tertiary alicyclic amines) is 1. The molecule has 1 fully saturated rings. The summed E-state index contributed by atoms with van der Waals surface area (Å²) in [4.78, 5) is 13.9. The van der Waals surface area contributed by atoms with Gasteiger partial charge in [0.15, 0.2) is 9.84 Å². The minimum Gasteiger partial charge on any atom is -0.342 e. The van der Waals surface area contributed by atoms with Gasteiger partial charge in [-0.1, -0.05) is 23.8 Å². The second kappa shape index (κ2) is 7.04. The molecule has 1 saturated heterocycles. The molecular weight excluding hydrogens is 310 g/mol. The summed E-state index contributed by atoms with van der Waals surface area (Å²) in [6.45, 7) is 8.75. The number of nitrogens with zero attached hydrogens (tertiary/aromatic N) is 1. The molecule has 23 heavy (non-hydrogen) atoms. The molecule has 1 amide bonds. The topological polar surface area (TPSA) is 54.5 Å². The zero-order valence-electron chi connectivity index (χ0n) is 14.5. The van der Waals surface area contributed by atoms with Crippen molar-refractivity contribution < 1.29 is 13.2 Å². The summed E-state index contributed by atoms with van der Waals surface area (Å²) in [5.74, 6) is -0.155. The van der Waals surface area contributed by atoms with Crippen LogP contribution >= 0.6 is 0 Å². The molecule has 0 saturated carbocycles. The lowest BCUT2D eigenvalue weighted by atomic mass is 9.86. The van der Waals surface area contributed by atoms with E-state index in [9.17, 15) is 13.2 Å². The molecule has 4 nitrogen and oxygen atoms in total. The molecule has 0 radical (unpaired) electrons. The zero-order valence-corrected chi connectivity index (χ0v) is 15.3. The third kappa shape index (κ3) is 4.34. The Morgan fingerprint density at radius 1 is 1.22 bits per heavy atom. The van der Waals surface area contributed by atoms with Crippen LogP contribution in [0.1, 0.15) is 49.3 Å². The summed E-state index contributed by atoms with van der Waals surface area (Å²) in [5.41, 5.74) is 3.92. The molecule has 0 aliphatic carbocycles. The highest BCUT2D eigenvalue weighted by atomic mass is 32.2. The van der Waals surface area contributed by atoms with E-state index in [0.29, 0.717) is 19.0 Å². The second-order valence-electron chi connectivity index (χ2n) is 6.87. The number of aryl methyl sites for hydroxylation is 2. The Labute approximate surface area is 139 Å². The monoisotopic (exact) mass is 337 g/mol. The lowest BCUT2D eigenvalue weighted by Crippen LogP contribution is -2.42. The minimum absolute atomic E-state index is 0.252. The third-order valence-electron chi connectivity index (χ3n) is 4.77. The highest BCUT2D eigenvalue weighted by molar-refractivity contribution is 7.92. The number of benzene rings is 1. The van der Waals surface area contributed by atoms with Gasteiger partial charge in [0.05, 0.1) is 5.25 Å². The van der Waals surface area contributed by atoms with Gasteiger partial charge in [-0.05, 0) is 57.6 Å². The van der Waals surface area contributed by atoms with Crippen molar-refractivity contribution in [1.82, 2.24) is 4.90 Å². The Morgan fingerprint density at radius 2 is 1.83 bits per heavy atom. The maximum Gasteiger partial charge on any atom is 0.237 e. The Hall–Kier alpha value is -1.36. The van der Waals surface area contributed by atoms with Gasteiger partial charge in [-0.15, -0.1) is 0 Å². The number of hydrogen-bond acceptors (Lipinski definition) is 3. The minimum atomic E-state index is -3.32. The van der Waals surface area contributed by atoms with Gasteiger partial charge < -0.3 is 4.90 Å². The average molecular weight is 337 g/mol. The van der Waals surface area contributed by atoms with Crippen LogP contribution in [-0.4, -0.2) is 43.3 Å². The molecule has 0 unspecified atom stereocenters. The first-order valence-corrected chi connectivity index (χ1v) is 9.98. The van der Waals surface area contributed by atoms with E-state index >= 15 is 0 Å². The molecule has 1 aromatic rings. The Kier molecular flexibility index (Phi) is 5.50. The average Bonchev–Trinajstić information content (AvgIpc) is 2.49. The van der Waals surface area contributed by atoms with E-state index in [1.807, 2.05) is 0 Å². The molecule has 0 aromatic heterocycles. The fourth-order valence-corrected chi connectivity index (χ4v) is 3.93. The number of rotatable bonds is 4. The highest BCUT2D eigenvalue weighted by Gasteiger charge is 2.28. The van der Waals surface area contributed by atoms with Gasteiger partial charge >= 0.3 is 0 Å².